The molecular formula is C22H18F2N6O. The standard InChI is InChI=1S/C22H18F2N6O/c1-12(19-15(22(23)24)4-6-18-21(19)26-8-7-25-18)31-14-3-5-17-16(9-14)20(29-28-17)13-10-27-30(2)11-13/h3-12,22H,1-2H3,(H,28,29). The molecule has 7 nitrogen and oxygen atoms in total. The van der Waals surface area contributed by atoms with E-state index in [1.165, 1.54) is 18.5 Å². The Morgan fingerprint density at radius 2 is 1.94 bits per heavy atom. The normalized spacial score (nSPS) is 12.7. The summed E-state index contributed by atoms with van der Waals surface area (Å²) in [4.78, 5) is 8.51. The molecule has 0 aliphatic heterocycles. The van der Waals surface area contributed by atoms with Crippen molar-refractivity contribution in [2.45, 2.75) is 19.5 Å². The molecule has 0 fully saturated rings. The van der Waals surface area contributed by atoms with Gasteiger partial charge >= 0.3 is 0 Å². The summed E-state index contributed by atoms with van der Waals surface area (Å²) in [6.07, 6.45) is 3.31. The number of hydrogen-bond acceptors (Lipinski definition) is 5. The summed E-state index contributed by atoms with van der Waals surface area (Å²) >= 11 is 0. The number of benzene rings is 2. The molecule has 0 saturated carbocycles. The summed E-state index contributed by atoms with van der Waals surface area (Å²) < 4.78 is 35.3. The summed E-state index contributed by atoms with van der Waals surface area (Å²) in [6, 6.07) is 8.41. The van der Waals surface area contributed by atoms with Gasteiger partial charge in [-0.25, -0.2) is 8.78 Å². The predicted octanol–water partition coefficient (Wildman–Crippen LogP) is 4.98. The van der Waals surface area contributed by atoms with Crippen LogP contribution in [0.1, 0.15) is 30.6 Å². The second-order valence-electron chi connectivity index (χ2n) is 7.24. The van der Waals surface area contributed by atoms with Gasteiger partial charge in [0.05, 0.1) is 22.7 Å². The van der Waals surface area contributed by atoms with Crippen LogP contribution in [0.25, 0.3) is 33.2 Å². The number of aromatic amines is 1. The minimum Gasteiger partial charge on any atom is -0.486 e. The molecule has 3 aromatic heterocycles. The van der Waals surface area contributed by atoms with E-state index < -0.39 is 12.5 Å². The predicted molar refractivity (Wildman–Crippen MR) is 112 cm³/mol. The molecule has 5 aromatic rings. The summed E-state index contributed by atoms with van der Waals surface area (Å²) in [7, 11) is 1.84. The Morgan fingerprint density at radius 3 is 2.71 bits per heavy atom. The summed E-state index contributed by atoms with van der Waals surface area (Å²) in [5.74, 6) is 0.535. The highest BCUT2D eigenvalue weighted by molar-refractivity contribution is 5.93. The number of hydrogen-bond donors (Lipinski definition) is 1. The van der Waals surface area contributed by atoms with Gasteiger partial charge in [-0.05, 0) is 31.2 Å². The monoisotopic (exact) mass is 420 g/mol. The lowest BCUT2D eigenvalue weighted by Crippen LogP contribution is -2.09. The Balaban J connectivity index is 1.55. The first-order valence-corrected chi connectivity index (χ1v) is 9.66. The first-order chi connectivity index (χ1) is 15.0. The van der Waals surface area contributed by atoms with E-state index in [-0.39, 0.29) is 5.56 Å². The number of aryl methyl sites for hydroxylation is 1. The molecule has 31 heavy (non-hydrogen) atoms. The van der Waals surface area contributed by atoms with Gasteiger partial charge in [0.25, 0.3) is 6.43 Å². The first kappa shape index (κ1) is 19.1. The highest BCUT2D eigenvalue weighted by atomic mass is 19.3. The molecular weight excluding hydrogens is 402 g/mol. The average Bonchev–Trinajstić information content (AvgIpc) is 3.38. The quantitative estimate of drug-likeness (QED) is 0.433. The van der Waals surface area contributed by atoms with Crippen LogP contribution in [0, 0.1) is 0 Å². The lowest BCUT2D eigenvalue weighted by molar-refractivity contribution is 0.144. The third-order valence-electron chi connectivity index (χ3n) is 5.18. The fraction of sp³-hybridized carbons (Fsp3) is 0.182. The van der Waals surface area contributed by atoms with Crippen molar-refractivity contribution < 1.29 is 13.5 Å². The molecule has 3 heterocycles. The Labute approximate surface area is 175 Å². The van der Waals surface area contributed by atoms with E-state index in [9.17, 15) is 8.78 Å². The molecule has 0 bridgehead atoms. The zero-order valence-electron chi connectivity index (χ0n) is 16.8. The van der Waals surface area contributed by atoms with Crippen LogP contribution in [0.2, 0.25) is 0 Å². The minimum absolute atomic E-state index is 0.110. The van der Waals surface area contributed by atoms with Gasteiger partial charge in [-0.3, -0.25) is 19.7 Å². The van der Waals surface area contributed by atoms with E-state index in [4.69, 9.17) is 4.74 Å². The fourth-order valence-corrected chi connectivity index (χ4v) is 3.78. The third-order valence-corrected chi connectivity index (χ3v) is 5.18. The minimum atomic E-state index is -2.65. The van der Waals surface area contributed by atoms with Crippen molar-refractivity contribution in [1.29, 1.82) is 0 Å². The molecule has 156 valence electrons. The molecule has 1 unspecified atom stereocenters. The second kappa shape index (κ2) is 7.42. The van der Waals surface area contributed by atoms with Crippen molar-refractivity contribution in [2.24, 2.45) is 7.05 Å². The fourth-order valence-electron chi connectivity index (χ4n) is 3.78. The van der Waals surface area contributed by atoms with Crippen LogP contribution in [0.4, 0.5) is 8.78 Å². The molecule has 0 aliphatic rings. The van der Waals surface area contributed by atoms with Gasteiger partial charge in [-0.2, -0.15) is 10.2 Å². The van der Waals surface area contributed by atoms with Crippen LogP contribution >= 0.6 is 0 Å². The maximum atomic E-state index is 13.7. The molecule has 0 amide bonds. The Morgan fingerprint density at radius 1 is 1.10 bits per heavy atom. The van der Waals surface area contributed by atoms with Gasteiger partial charge in [0.15, 0.2) is 0 Å². The molecule has 5 rings (SSSR count). The third kappa shape index (κ3) is 3.37. The van der Waals surface area contributed by atoms with Crippen LogP contribution in [-0.2, 0) is 7.05 Å². The number of halogens is 2. The van der Waals surface area contributed by atoms with Crippen LogP contribution in [0.3, 0.4) is 0 Å². The zero-order chi connectivity index (χ0) is 21.5. The summed E-state index contributed by atoms with van der Waals surface area (Å²) in [5.41, 5.74) is 3.62. The number of nitrogens with one attached hydrogen (secondary N) is 1. The van der Waals surface area contributed by atoms with Crippen molar-refractivity contribution >= 4 is 21.9 Å². The molecule has 9 heteroatoms. The molecule has 1 atom stereocenters. The molecule has 0 spiro atoms. The smallest absolute Gasteiger partial charge is 0.264 e. The van der Waals surface area contributed by atoms with Crippen molar-refractivity contribution in [3.63, 3.8) is 0 Å². The average molecular weight is 420 g/mol. The Kier molecular flexibility index (Phi) is 4.58. The molecule has 1 N–H and O–H groups in total. The Bertz CT molecular complexity index is 1390. The van der Waals surface area contributed by atoms with Gasteiger partial charge in [0.1, 0.15) is 17.5 Å². The molecule has 0 aliphatic carbocycles. The van der Waals surface area contributed by atoms with Gasteiger partial charge in [0.2, 0.25) is 0 Å². The van der Waals surface area contributed by atoms with Gasteiger partial charge in [0, 0.05) is 47.7 Å². The SMILES string of the molecule is CC(Oc1ccc2[nH]nc(-c3cnn(C)c3)c2c1)c1c(C(F)F)ccc2nccnc12. The Hall–Kier alpha value is -3.88. The second-order valence-corrected chi connectivity index (χ2v) is 7.24. The van der Waals surface area contributed by atoms with Gasteiger partial charge in [-0.1, -0.05) is 6.07 Å². The van der Waals surface area contributed by atoms with E-state index in [0.717, 1.165) is 22.2 Å². The molecule has 0 saturated heterocycles. The van der Waals surface area contributed by atoms with E-state index in [2.05, 4.69) is 25.3 Å². The van der Waals surface area contributed by atoms with Crippen molar-refractivity contribution in [3.05, 3.63) is 66.2 Å². The van der Waals surface area contributed by atoms with Crippen LogP contribution in [-0.4, -0.2) is 29.9 Å². The highest BCUT2D eigenvalue weighted by Crippen LogP contribution is 2.36. The molecule has 0 radical (unpaired) electrons. The number of fused-ring (bicyclic) bond motifs is 2. The number of H-pyrrole nitrogens is 1. The number of rotatable bonds is 5. The number of aromatic nitrogens is 6. The number of nitrogens with zero attached hydrogens (tertiary/aromatic N) is 5. The maximum Gasteiger partial charge on any atom is 0.264 e. The van der Waals surface area contributed by atoms with E-state index >= 15 is 0 Å². The maximum absolute atomic E-state index is 13.7. The first-order valence-electron chi connectivity index (χ1n) is 9.66. The largest absolute Gasteiger partial charge is 0.486 e. The summed E-state index contributed by atoms with van der Waals surface area (Å²) in [5, 5.41) is 12.4. The van der Waals surface area contributed by atoms with Gasteiger partial charge < -0.3 is 4.74 Å². The van der Waals surface area contributed by atoms with Crippen LogP contribution in [0.5, 0.6) is 5.75 Å². The van der Waals surface area contributed by atoms with Crippen molar-refractivity contribution in [1.82, 2.24) is 29.9 Å². The topological polar surface area (TPSA) is 81.5 Å². The van der Waals surface area contributed by atoms with Gasteiger partial charge in [-0.15, -0.1) is 0 Å². The number of ether oxygens (including phenoxy) is 1. The molecule has 2 aromatic carbocycles. The van der Waals surface area contributed by atoms with E-state index in [1.54, 1.807) is 29.9 Å². The van der Waals surface area contributed by atoms with E-state index in [1.807, 2.05) is 25.4 Å². The van der Waals surface area contributed by atoms with Crippen molar-refractivity contribution in [2.75, 3.05) is 0 Å². The highest BCUT2D eigenvalue weighted by Gasteiger charge is 2.23. The summed E-state index contributed by atoms with van der Waals surface area (Å²) in [6.45, 7) is 1.73. The van der Waals surface area contributed by atoms with Crippen LogP contribution < -0.4 is 4.74 Å². The van der Waals surface area contributed by atoms with E-state index in [0.29, 0.717) is 22.3 Å². The lowest BCUT2D eigenvalue weighted by atomic mass is 10.0. The zero-order valence-corrected chi connectivity index (χ0v) is 16.8. The number of alkyl halides is 2. The van der Waals surface area contributed by atoms with Crippen LogP contribution in [0.15, 0.2) is 55.1 Å². The lowest BCUT2D eigenvalue weighted by Gasteiger charge is -2.19. The van der Waals surface area contributed by atoms with Crippen molar-refractivity contribution in [3.8, 4) is 17.0 Å².